The highest BCUT2D eigenvalue weighted by atomic mass is 19.4. The second-order valence-corrected chi connectivity index (χ2v) is 3.46. The molecule has 4 heteroatoms. The molecule has 2 atom stereocenters. The third kappa shape index (κ3) is 0.773. The van der Waals surface area contributed by atoms with Crippen LogP contribution in [0.3, 0.4) is 0 Å². The van der Waals surface area contributed by atoms with Gasteiger partial charge in [0, 0.05) is 0 Å². The standard InChI is InChI=1S/C6H9BF3/c8-7(9,10)6-4-2-1-3-5(4)6/h4-6H,1-3H2/q-1. The molecule has 2 aliphatic rings. The van der Waals surface area contributed by atoms with Crippen LogP contribution in [-0.4, -0.2) is 6.98 Å². The summed E-state index contributed by atoms with van der Waals surface area (Å²) in [5, 5.41) is 0. The van der Waals surface area contributed by atoms with Gasteiger partial charge < -0.3 is 12.9 Å². The third-order valence-electron chi connectivity index (χ3n) is 2.91. The lowest BCUT2D eigenvalue weighted by atomic mass is 9.78. The molecular formula is C6H9BF3-. The summed E-state index contributed by atoms with van der Waals surface area (Å²) in [5.74, 6) is -0.770. The molecule has 0 saturated heterocycles. The van der Waals surface area contributed by atoms with Gasteiger partial charge in [-0.15, -0.1) is 0 Å². The summed E-state index contributed by atoms with van der Waals surface area (Å²) < 4.78 is 36.1. The maximum atomic E-state index is 12.0. The normalized spacial score (nSPS) is 45.3. The number of hydrogen-bond acceptors (Lipinski definition) is 0. The highest BCUT2D eigenvalue weighted by Crippen LogP contribution is 2.66. The molecule has 2 rings (SSSR count). The molecule has 0 spiro atoms. The Morgan fingerprint density at radius 3 is 1.80 bits per heavy atom. The molecule has 0 aliphatic heterocycles. The quantitative estimate of drug-likeness (QED) is 0.502. The van der Waals surface area contributed by atoms with Crippen LogP contribution in [0.5, 0.6) is 0 Å². The van der Waals surface area contributed by atoms with Gasteiger partial charge in [0.25, 0.3) is 0 Å². The molecule has 0 amide bonds. The minimum Gasteiger partial charge on any atom is -0.449 e. The van der Waals surface area contributed by atoms with Gasteiger partial charge >= 0.3 is 6.98 Å². The number of fused-ring (bicyclic) bond motifs is 1. The van der Waals surface area contributed by atoms with Crippen molar-refractivity contribution in [1.29, 1.82) is 0 Å². The third-order valence-corrected chi connectivity index (χ3v) is 2.91. The zero-order valence-corrected chi connectivity index (χ0v) is 5.56. The van der Waals surface area contributed by atoms with Crippen molar-refractivity contribution < 1.29 is 12.9 Å². The first-order chi connectivity index (χ1) is 4.61. The molecule has 0 bridgehead atoms. The van der Waals surface area contributed by atoms with Gasteiger partial charge in [0.2, 0.25) is 0 Å². The fraction of sp³-hybridized carbons (Fsp3) is 1.00. The average Bonchev–Trinajstić information content (AvgIpc) is 2.30. The molecule has 2 aliphatic carbocycles. The average molecular weight is 149 g/mol. The van der Waals surface area contributed by atoms with E-state index in [9.17, 15) is 12.9 Å². The predicted octanol–water partition coefficient (Wildman–Crippen LogP) is 2.63. The lowest BCUT2D eigenvalue weighted by Crippen LogP contribution is -2.17. The van der Waals surface area contributed by atoms with Crippen LogP contribution in [0.15, 0.2) is 0 Å². The summed E-state index contributed by atoms with van der Waals surface area (Å²) in [7, 11) is 0. The van der Waals surface area contributed by atoms with E-state index in [1.807, 2.05) is 0 Å². The molecule has 0 aromatic heterocycles. The maximum absolute atomic E-state index is 12.0. The number of hydrogen-bond donors (Lipinski definition) is 0. The lowest BCUT2D eigenvalue weighted by molar-refractivity contribution is 0.447. The van der Waals surface area contributed by atoms with E-state index in [2.05, 4.69) is 0 Å². The Hall–Kier alpha value is -0.145. The van der Waals surface area contributed by atoms with Crippen molar-refractivity contribution in [2.75, 3.05) is 0 Å². The first-order valence-electron chi connectivity index (χ1n) is 3.80. The predicted molar refractivity (Wildman–Crippen MR) is 33.7 cm³/mol. The van der Waals surface area contributed by atoms with E-state index >= 15 is 0 Å². The lowest BCUT2D eigenvalue weighted by Gasteiger charge is -2.14. The van der Waals surface area contributed by atoms with Gasteiger partial charge in [0.15, 0.2) is 0 Å². The van der Waals surface area contributed by atoms with Crippen LogP contribution in [0.2, 0.25) is 5.82 Å². The molecule has 0 aromatic carbocycles. The Labute approximate surface area is 57.9 Å². The molecule has 58 valence electrons. The van der Waals surface area contributed by atoms with Crippen molar-refractivity contribution in [1.82, 2.24) is 0 Å². The van der Waals surface area contributed by atoms with E-state index < -0.39 is 12.8 Å². The molecule has 2 fully saturated rings. The van der Waals surface area contributed by atoms with Crippen LogP contribution in [0, 0.1) is 11.8 Å². The van der Waals surface area contributed by atoms with Gasteiger partial charge in [-0.05, 0) is 0 Å². The highest BCUT2D eigenvalue weighted by Gasteiger charge is 2.60. The zero-order chi connectivity index (χ0) is 7.35. The van der Waals surface area contributed by atoms with Crippen molar-refractivity contribution in [3.05, 3.63) is 0 Å². The molecule has 0 aromatic rings. The van der Waals surface area contributed by atoms with Crippen LogP contribution in [0.1, 0.15) is 19.3 Å². The summed E-state index contributed by atoms with van der Waals surface area (Å²) in [6.45, 7) is -4.49. The largest absolute Gasteiger partial charge is 0.481 e. The molecule has 2 saturated carbocycles. The molecule has 0 nitrogen and oxygen atoms in total. The number of halogens is 3. The fourth-order valence-electron chi connectivity index (χ4n) is 2.44. The monoisotopic (exact) mass is 149 g/mol. The Morgan fingerprint density at radius 1 is 1.00 bits per heavy atom. The van der Waals surface area contributed by atoms with E-state index in [1.165, 1.54) is 0 Å². The van der Waals surface area contributed by atoms with E-state index in [1.54, 1.807) is 0 Å². The van der Waals surface area contributed by atoms with E-state index in [0.29, 0.717) is 0 Å². The van der Waals surface area contributed by atoms with Crippen molar-refractivity contribution in [3.63, 3.8) is 0 Å². The summed E-state index contributed by atoms with van der Waals surface area (Å²) in [5.41, 5.74) is 0. The Balaban J connectivity index is 2.01. The van der Waals surface area contributed by atoms with E-state index in [0.717, 1.165) is 19.3 Å². The van der Waals surface area contributed by atoms with Crippen molar-refractivity contribution >= 4 is 6.98 Å². The van der Waals surface area contributed by atoms with Crippen LogP contribution in [0.4, 0.5) is 12.9 Å². The summed E-state index contributed by atoms with van der Waals surface area (Å²) in [6, 6.07) is 0. The molecule has 0 N–H and O–H groups in total. The Morgan fingerprint density at radius 2 is 1.50 bits per heavy atom. The van der Waals surface area contributed by atoms with Gasteiger partial charge in [-0.2, -0.15) is 0 Å². The van der Waals surface area contributed by atoms with Crippen molar-refractivity contribution in [3.8, 4) is 0 Å². The highest BCUT2D eigenvalue weighted by molar-refractivity contribution is 6.61. The van der Waals surface area contributed by atoms with Gasteiger partial charge in [0.1, 0.15) is 0 Å². The summed E-state index contributed by atoms with van der Waals surface area (Å²) >= 11 is 0. The van der Waals surface area contributed by atoms with Crippen LogP contribution < -0.4 is 0 Å². The van der Waals surface area contributed by atoms with Gasteiger partial charge in [-0.1, -0.05) is 36.9 Å². The smallest absolute Gasteiger partial charge is 0.449 e. The topological polar surface area (TPSA) is 0 Å². The van der Waals surface area contributed by atoms with E-state index in [4.69, 9.17) is 0 Å². The summed E-state index contributed by atoms with van der Waals surface area (Å²) in [4.78, 5) is 0. The molecular weight excluding hydrogens is 140 g/mol. The van der Waals surface area contributed by atoms with Crippen molar-refractivity contribution in [2.45, 2.75) is 25.1 Å². The van der Waals surface area contributed by atoms with Gasteiger partial charge in [-0.3, -0.25) is 0 Å². The second kappa shape index (κ2) is 1.71. The molecule has 2 unspecified atom stereocenters. The first-order valence-corrected chi connectivity index (χ1v) is 3.80. The van der Waals surface area contributed by atoms with Crippen LogP contribution in [0.25, 0.3) is 0 Å². The molecule has 0 radical (unpaired) electrons. The number of rotatable bonds is 1. The first kappa shape index (κ1) is 6.56. The Kier molecular flexibility index (Phi) is 1.12. The van der Waals surface area contributed by atoms with Gasteiger partial charge in [0.05, 0.1) is 0 Å². The van der Waals surface area contributed by atoms with Gasteiger partial charge in [-0.25, -0.2) is 0 Å². The summed E-state index contributed by atoms with van der Waals surface area (Å²) in [6.07, 6.45) is 2.69. The SMILES string of the molecule is F[B-](F)(F)C1C2CCCC21. The minimum atomic E-state index is -4.49. The van der Waals surface area contributed by atoms with Crippen LogP contribution in [-0.2, 0) is 0 Å². The zero-order valence-electron chi connectivity index (χ0n) is 5.56. The second-order valence-electron chi connectivity index (χ2n) is 3.46. The molecule has 10 heavy (non-hydrogen) atoms. The van der Waals surface area contributed by atoms with Crippen molar-refractivity contribution in [2.24, 2.45) is 11.8 Å². The van der Waals surface area contributed by atoms with Crippen LogP contribution >= 0.6 is 0 Å². The molecule has 0 heterocycles. The fourth-order valence-corrected chi connectivity index (χ4v) is 2.44. The maximum Gasteiger partial charge on any atom is 0.481 e. The van der Waals surface area contributed by atoms with E-state index in [-0.39, 0.29) is 11.8 Å². The minimum absolute atomic E-state index is 0.0417. The Bertz CT molecular complexity index is 144.